The van der Waals surface area contributed by atoms with Crippen molar-refractivity contribution in [1.29, 1.82) is 0 Å². The zero-order valence-corrected chi connectivity index (χ0v) is 17.8. The number of likely N-dealkylation sites (N-methyl/N-ethyl adjacent to an activating group) is 1. The predicted octanol–water partition coefficient (Wildman–Crippen LogP) is 3.81. The maximum atomic E-state index is 12.9. The second-order valence-electron chi connectivity index (χ2n) is 6.93. The van der Waals surface area contributed by atoms with Crippen molar-refractivity contribution in [3.63, 3.8) is 0 Å². The number of halogens is 1. The molecule has 2 rings (SSSR count). The van der Waals surface area contributed by atoms with E-state index >= 15 is 0 Å². The Morgan fingerprint density at radius 2 is 1.79 bits per heavy atom. The van der Waals surface area contributed by atoms with Crippen molar-refractivity contribution in [2.45, 2.75) is 40.3 Å². The summed E-state index contributed by atoms with van der Waals surface area (Å²) in [6.07, 6.45) is 0. The van der Waals surface area contributed by atoms with Gasteiger partial charge < -0.3 is 15.0 Å². The van der Waals surface area contributed by atoms with Gasteiger partial charge in [-0.05, 0) is 68.1 Å². The van der Waals surface area contributed by atoms with Crippen LogP contribution in [0.15, 0.2) is 36.4 Å². The summed E-state index contributed by atoms with van der Waals surface area (Å²) in [6.45, 7) is 7.82. The van der Waals surface area contributed by atoms with Gasteiger partial charge in [0.15, 0.2) is 6.61 Å². The van der Waals surface area contributed by atoms with Crippen LogP contribution in [0.3, 0.4) is 0 Å². The van der Waals surface area contributed by atoms with Crippen molar-refractivity contribution < 1.29 is 14.3 Å². The summed E-state index contributed by atoms with van der Waals surface area (Å²) in [6, 6.07) is 10.6. The second kappa shape index (κ2) is 9.60. The molecule has 6 heteroatoms. The van der Waals surface area contributed by atoms with Crippen molar-refractivity contribution in [3.8, 4) is 5.75 Å². The van der Waals surface area contributed by atoms with Gasteiger partial charge in [-0.15, -0.1) is 0 Å². The smallest absolute Gasteiger partial charge is 0.261 e. The monoisotopic (exact) mass is 402 g/mol. The van der Waals surface area contributed by atoms with Gasteiger partial charge in [0, 0.05) is 18.6 Å². The fourth-order valence-electron chi connectivity index (χ4n) is 2.95. The average molecular weight is 403 g/mol. The summed E-state index contributed by atoms with van der Waals surface area (Å²) in [5.74, 6) is 0.194. The Labute approximate surface area is 171 Å². The molecule has 2 amide bonds. The molecule has 2 aromatic carbocycles. The zero-order chi connectivity index (χ0) is 20.8. The molecule has 1 N–H and O–H groups in total. The first kappa shape index (κ1) is 21.8. The first-order valence-electron chi connectivity index (χ1n) is 9.19. The highest BCUT2D eigenvalue weighted by Gasteiger charge is 2.26. The van der Waals surface area contributed by atoms with Crippen LogP contribution in [0.25, 0.3) is 0 Å². The summed E-state index contributed by atoms with van der Waals surface area (Å²) in [7, 11) is 1.55. The first-order chi connectivity index (χ1) is 13.2. The Morgan fingerprint density at radius 3 is 2.39 bits per heavy atom. The largest absolute Gasteiger partial charge is 0.483 e. The van der Waals surface area contributed by atoms with Gasteiger partial charge in [0.25, 0.3) is 5.91 Å². The Morgan fingerprint density at radius 1 is 1.14 bits per heavy atom. The number of aryl methyl sites for hydroxylation is 2. The van der Waals surface area contributed by atoms with Gasteiger partial charge in [0.1, 0.15) is 11.8 Å². The van der Waals surface area contributed by atoms with Crippen molar-refractivity contribution in [3.05, 3.63) is 63.7 Å². The molecule has 0 aliphatic rings. The molecule has 0 unspecified atom stereocenters. The van der Waals surface area contributed by atoms with E-state index in [1.165, 1.54) is 4.90 Å². The SMILES string of the molecule is CNC(=O)[C@H](C)N(Cc1ccc(Cl)cc1)C(=O)COc1cc(C)cc(C)c1C. The summed E-state index contributed by atoms with van der Waals surface area (Å²) in [5, 5.41) is 3.22. The highest BCUT2D eigenvalue weighted by molar-refractivity contribution is 6.30. The minimum Gasteiger partial charge on any atom is -0.483 e. The van der Waals surface area contributed by atoms with Gasteiger partial charge in [0.2, 0.25) is 5.91 Å². The quantitative estimate of drug-likeness (QED) is 0.766. The van der Waals surface area contributed by atoms with Gasteiger partial charge in [-0.2, -0.15) is 0 Å². The van der Waals surface area contributed by atoms with E-state index < -0.39 is 6.04 Å². The Balaban J connectivity index is 2.18. The highest BCUT2D eigenvalue weighted by atomic mass is 35.5. The van der Waals surface area contributed by atoms with E-state index in [9.17, 15) is 9.59 Å². The topological polar surface area (TPSA) is 58.6 Å². The van der Waals surface area contributed by atoms with Crippen molar-refractivity contribution in [1.82, 2.24) is 10.2 Å². The fourth-order valence-corrected chi connectivity index (χ4v) is 3.08. The maximum Gasteiger partial charge on any atom is 0.261 e. The number of nitrogens with zero attached hydrogens (tertiary/aromatic N) is 1. The number of rotatable bonds is 7. The number of amides is 2. The molecule has 150 valence electrons. The molecule has 1 atom stereocenters. The van der Waals surface area contributed by atoms with E-state index in [1.54, 1.807) is 26.1 Å². The van der Waals surface area contributed by atoms with Crippen molar-refractivity contribution in [2.75, 3.05) is 13.7 Å². The molecule has 0 saturated carbocycles. The lowest BCUT2D eigenvalue weighted by molar-refractivity contribution is -0.142. The molecule has 0 aliphatic carbocycles. The number of nitrogens with one attached hydrogen (secondary N) is 1. The predicted molar refractivity (Wildman–Crippen MR) is 112 cm³/mol. The fraction of sp³-hybridized carbons (Fsp3) is 0.364. The first-order valence-corrected chi connectivity index (χ1v) is 9.57. The van der Waals surface area contributed by atoms with E-state index in [2.05, 4.69) is 11.4 Å². The average Bonchev–Trinajstić information content (AvgIpc) is 2.67. The third-order valence-electron chi connectivity index (χ3n) is 4.80. The molecule has 0 spiro atoms. The lowest BCUT2D eigenvalue weighted by atomic mass is 10.1. The van der Waals surface area contributed by atoms with Gasteiger partial charge in [-0.25, -0.2) is 0 Å². The third kappa shape index (κ3) is 5.49. The van der Waals surface area contributed by atoms with Crippen LogP contribution in [-0.2, 0) is 16.1 Å². The molecular weight excluding hydrogens is 376 g/mol. The molecule has 28 heavy (non-hydrogen) atoms. The van der Waals surface area contributed by atoms with Crippen molar-refractivity contribution >= 4 is 23.4 Å². The van der Waals surface area contributed by atoms with Crippen LogP contribution in [0.4, 0.5) is 0 Å². The number of hydrogen-bond acceptors (Lipinski definition) is 3. The van der Waals surface area contributed by atoms with Crippen LogP contribution >= 0.6 is 11.6 Å². The molecular formula is C22H27ClN2O3. The molecule has 0 saturated heterocycles. The molecule has 2 aromatic rings. The van der Waals surface area contributed by atoms with E-state index in [0.717, 1.165) is 22.3 Å². The zero-order valence-electron chi connectivity index (χ0n) is 17.0. The summed E-state index contributed by atoms with van der Waals surface area (Å²) in [5.41, 5.74) is 4.07. The minimum atomic E-state index is -0.628. The van der Waals surface area contributed by atoms with E-state index in [-0.39, 0.29) is 18.4 Å². The van der Waals surface area contributed by atoms with Crippen LogP contribution < -0.4 is 10.1 Å². The molecule has 0 fully saturated rings. The number of carbonyl (C=O) groups excluding carboxylic acids is 2. The number of benzene rings is 2. The summed E-state index contributed by atoms with van der Waals surface area (Å²) >= 11 is 5.94. The van der Waals surface area contributed by atoms with Crippen LogP contribution in [0.5, 0.6) is 5.75 Å². The van der Waals surface area contributed by atoms with Crippen LogP contribution in [0, 0.1) is 20.8 Å². The lowest BCUT2D eigenvalue weighted by Gasteiger charge is -2.28. The molecule has 0 aromatic heterocycles. The second-order valence-corrected chi connectivity index (χ2v) is 7.37. The maximum absolute atomic E-state index is 12.9. The van der Waals surface area contributed by atoms with Crippen LogP contribution in [0.1, 0.15) is 29.2 Å². The molecule has 0 radical (unpaired) electrons. The Kier molecular flexibility index (Phi) is 7.46. The molecule has 0 heterocycles. The number of carbonyl (C=O) groups is 2. The van der Waals surface area contributed by atoms with Crippen LogP contribution in [-0.4, -0.2) is 36.4 Å². The molecule has 5 nitrogen and oxygen atoms in total. The Bertz CT molecular complexity index is 850. The number of ether oxygens (including phenoxy) is 1. The summed E-state index contributed by atoms with van der Waals surface area (Å²) < 4.78 is 5.82. The van der Waals surface area contributed by atoms with E-state index in [1.807, 2.05) is 39.0 Å². The lowest BCUT2D eigenvalue weighted by Crippen LogP contribution is -2.48. The third-order valence-corrected chi connectivity index (χ3v) is 5.05. The minimum absolute atomic E-state index is 0.140. The van der Waals surface area contributed by atoms with Crippen LogP contribution in [0.2, 0.25) is 5.02 Å². The van der Waals surface area contributed by atoms with Gasteiger partial charge in [-0.3, -0.25) is 9.59 Å². The molecule has 0 aliphatic heterocycles. The Hall–Kier alpha value is -2.53. The van der Waals surface area contributed by atoms with Gasteiger partial charge >= 0.3 is 0 Å². The summed E-state index contributed by atoms with van der Waals surface area (Å²) in [4.78, 5) is 26.6. The van der Waals surface area contributed by atoms with E-state index in [0.29, 0.717) is 17.3 Å². The van der Waals surface area contributed by atoms with E-state index in [4.69, 9.17) is 16.3 Å². The van der Waals surface area contributed by atoms with Gasteiger partial charge in [0.05, 0.1) is 0 Å². The normalized spacial score (nSPS) is 11.6. The number of hydrogen-bond donors (Lipinski definition) is 1. The van der Waals surface area contributed by atoms with Gasteiger partial charge in [-0.1, -0.05) is 29.8 Å². The van der Waals surface area contributed by atoms with Crippen molar-refractivity contribution in [2.24, 2.45) is 0 Å². The standard InChI is InChI=1S/C22H27ClN2O3/c1-14-10-15(2)16(3)20(11-14)28-13-21(26)25(17(4)22(27)24-5)12-18-6-8-19(23)9-7-18/h6-11,17H,12-13H2,1-5H3,(H,24,27)/t17-/m0/s1. The highest BCUT2D eigenvalue weighted by Crippen LogP contribution is 2.23. The molecule has 0 bridgehead atoms.